The van der Waals surface area contributed by atoms with Crippen LogP contribution < -0.4 is 19.9 Å². The molecule has 0 bridgehead atoms. The fourth-order valence-corrected chi connectivity index (χ4v) is 5.07. The Balaban J connectivity index is 1.22. The highest BCUT2D eigenvalue weighted by Crippen LogP contribution is 2.34. The van der Waals surface area contributed by atoms with Crippen LogP contribution >= 0.6 is 0 Å². The molecule has 33 heavy (non-hydrogen) atoms. The molecule has 0 spiro atoms. The van der Waals surface area contributed by atoms with E-state index in [0.29, 0.717) is 31.7 Å². The first-order valence-electron chi connectivity index (χ1n) is 11.1. The normalized spacial score (nSPS) is 21.9. The molecular weight excluding hydrogens is 424 g/mol. The van der Waals surface area contributed by atoms with Gasteiger partial charge >= 0.3 is 6.03 Å². The van der Waals surface area contributed by atoms with E-state index < -0.39 is 11.9 Å². The number of nitrogens with zero attached hydrogens (tertiary/aromatic N) is 3. The van der Waals surface area contributed by atoms with Gasteiger partial charge in [-0.05, 0) is 41.8 Å². The highest BCUT2D eigenvalue weighted by atomic mass is 16.5. The second kappa shape index (κ2) is 7.33. The molecule has 4 aliphatic heterocycles. The van der Waals surface area contributed by atoms with Crippen LogP contribution in [0.15, 0.2) is 36.4 Å². The number of hydrogen-bond acceptors (Lipinski definition) is 5. The lowest BCUT2D eigenvalue weighted by atomic mass is 10.0. The Hall–Kier alpha value is -3.88. The molecule has 0 radical (unpaired) electrons. The van der Waals surface area contributed by atoms with Crippen molar-refractivity contribution in [3.63, 3.8) is 0 Å². The summed E-state index contributed by atoms with van der Waals surface area (Å²) >= 11 is 0. The number of urea groups is 1. The van der Waals surface area contributed by atoms with Crippen LogP contribution in [-0.2, 0) is 22.6 Å². The second-order valence-electron chi connectivity index (χ2n) is 8.72. The lowest BCUT2D eigenvalue weighted by Crippen LogP contribution is -2.52. The van der Waals surface area contributed by atoms with Crippen molar-refractivity contribution >= 4 is 35.1 Å². The van der Waals surface area contributed by atoms with Gasteiger partial charge in [-0.2, -0.15) is 0 Å². The fourth-order valence-electron chi connectivity index (χ4n) is 5.07. The van der Waals surface area contributed by atoms with Gasteiger partial charge in [0.2, 0.25) is 11.8 Å². The molecule has 9 heteroatoms. The molecule has 5 amide bonds. The molecule has 168 valence electrons. The molecule has 2 fully saturated rings. The largest absolute Gasteiger partial charge is 0.493 e. The Labute approximate surface area is 189 Å². The minimum atomic E-state index is -0.656. The average molecular weight is 446 g/mol. The second-order valence-corrected chi connectivity index (χ2v) is 8.72. The molecule has 0 aromatic heterocycles. The average Bonchev–Trinajstić information content (AvgIpc) is 3.50. The molecule has 6 rings (SSSR count). The van der Waals surface area contributed by atoms with Crippen molar-refractivity contribution in [2.45, 2.75) is 31.8 Å². The first-order valence-corrected chi connectivity index (χ1v) is 11.1. The van der Waals surface area contributed by atoms with E-state index in [4.69, 9.17) is 4.74 Å². The zero-order chi connectivity index (χ0) is 22.7. The van der Waals surface area contributed by atoms with Crippen LogP contribution in [0.2, 0.25) is 0 Å². The third-order valence-corrected chi connectivity index (χ3v) is 6.82. The zero-order valence-electron chi connectivity index (χ0n) is 17.9. The van der Waals surface area contributed by atoms with Crippen molar-refractivity contribution in [2.75, 3.05) is 29.5 Å². The predicted molar refractivity (Wildman–Crippen MR) is 118 cm³/mol. The molecule has 2 aromatic carbocycles. The number of ether oxygens (including phenoxy) is 1. The number of rotatable bonds is 3. The molecule has 0 aliphatic carbocycles. The van der Waals surface area contributed by atoms with Crippen LogP contribution in [0.1, 0.15) is 34.3 Å². The molecule has 9 nitrogen and oxygen atoms in total. The first kappa shape index (κ1) is 19.8. The van der Waals surface area contributed by atoms with E-state index in [2.05, 4.69) is 5.32 Å². The number of hydrogen-bond donors (Lipinski definition) is 1. The van der Waals surface area contributed by atoms with E-state index in [1.807, 2.05) is 24.3 Å². The number of anilines is 2. The molecule has 4 heterocycles. The minimum Gasteiger partial charge on any atom is -0.493 e. The van der Waals surface area contributed by atoms with Gasteiger partial charge in [-0.25, -0.2) is 4.79 Å². The van der Waals surface area contributed by atoms with E-state index >= 15 is 0 Å². The first-order chi connectivity index (χ1) is 16.0. The lowest BCUT2D eigenvalue weighted by molar-refractivity contribution is -0.136. The number of fused-ring (bicyclic) bond motifs is 2. The summed E-state index contributed by atoms with van der Waals surface area (Å²) in [6.45, 7) is 2.03. The van der Waals surface area contributed by atoms with E-state index in [0.717, 1.165) is 34.7 Å². The van der Waals surface area contributed by atoms with Crippen molar-refractivity contribution in [1.29, 1.82) is 0 Å². The molecule has 2 saturated heterocycles. The molecular formula is C24H22N4O5. The summed E-state index contributed by atoms with van der Waals surface area (Å²) in [6.07, 6.45) is 1.42. The van der Waals surface area contributed by atoms with Crippen LogP contribution in [0, 0.1) is 0 Å². The summed E-state index contributed by atoms with van der Waals surface area (Å²) in [5.74, 6) is -0.132. The van der Waals surface area contributed by atoms with E-state index in [-0.39, 0.29) is 30.8 Å². The summed E-state index contributed by atoms with van der Waals surface area (Å²) in [6, 6.07) is 10.5. The van der Waals surface area contributed by atoms with Gasteiger partial charge in [0.1, 0.15) is 11.8 Å². The summed E-state index contributed by atoms with van der Waals surface area (Å²) in [4.78, 5) is 54.8. The van der Waals surface area contributed by atoms with Gasteiger partial charge in [0.05, 0.1) is 6.61 Å². The zero-order valence-corrected chi connectivity index (χ0v) is 17.9. The summed E-state index contributed by atoms with van der Waals surface area (Å²) in [7, 11) is 0. The number of nitrogens with one attached hydrogen (secondary N) is 1. The number of piperidine rings is 1. The Bertz CT molecular complexity index is 1230. The van der Waals surface area contributed by atoms with Gasteiger partial charge in [0.25, 0.3) is 5.91 Å². The van der Waals surface area contributed by atoms with Crippen molar-refractivity contribution in [1.82, 2.24) is 10.2 Å². The topological polar surface area (TPSA) is 99.3 Å². The van der Waals surface area contributed by atoms with Gasteiger partial charge in [0.15, 0.2) is 0 Å². The fraction of sp³-hybridized carbons (Fsp3) is 0.333. The summed E-state index contributed by atoms with van der Waals surface area (Å²) in [5, 5.41) is 2.31. The van der Waals surface area contributed by atoms with Crippen LogP contribution in [-0.4, -0.2) is 54.4 Å². The molecule has 0 saturated carbocycles. The Kier molecular flexibility index (Phi) is 4.39. The van der Waals surface area contributed by atoms with Crippen molar-refractivity contribution in [3.05, 3.63) is 53.1 Å². The molecule has 1 unspecified atom stereocenters. The van der Waals surface area contributed by atoms with E-state index in [1.54, 1.807) is 21.9 Å². The highest BCUT2D eigenvalue weighted by molar-refractivity contribution is 6.08. The number of amides is 5. The maximum Gasteiger partial charge on any atom is 0.329 e. The number of imide groups is 1. The Morgan fingerprint density at radius 1 is 0.879 bits per heavy atom. The number of carbonyl (C=O) groups is 4. The summed E-state index contributed by atoms with van der Waals surface area (Å²) < 4.78 is 5.64. The van der Waals surface area contributed by atoms with Crippen molar-refractivity contribution in [3.8, 4) is 5.75 Å². The lowest BCUT2D eigenvalue weighted by Gasteiger charge is -2.29. The van der Waals surface area contributed by atoms with E-state index in [1.165, 1.54) is 4.90 Å². The maximum absolute atomic E-state index is 13.2. The van der Waals surface area contributed by atoms with Gasteiger partial charge in [0, 0.05) is 55.5 Å². The Morgan fingerprint density at radius 2 is 1.64 bits per heavy atom. The number of benzene rings is 2. The maximum atomic E-state index is 13.2. The van der Waals surface area contributed by atoms with Gasteiger partial charge in [-0.3, -0.25) is 29.5 Å². The van der Waals surface area contributed by atoms with Crippen LogP contribution in [0.25, 0.3) is 0 Å². The third kappa shape index (κ3) is 3.14. The number of carbonyl (C=O) groups excluding carboxylic acids is 4. The summed E-state index contributed by atoms with van der Waals surface area (Å²) in [5.41, 5.74) is 3.99. The SMILES string of the molecule is O=C1CCC(N2Cc3cc(N4CCN(c5ccc6c(c5)OCC6)C4=O)ccc3C2=O)C(=O)N1. The van der Waals surface area contributed by atoms with Gasteiger partial charge in [-0.15, -0.1) is 0 Å². The standard InChI is InChI=1S/C24H22N4O5/c29-21-6-5-19(22(30)25-21)28-13-15-11-16(3-4-18(15)23(28)31)26-8-9-27(24(26)32)17-2-1-14-7-10-33-20(14)12-17/h1-4,11-12,19H,5-10,13H2,(H,25,29,30). The Morgan fingerprint density at radius 3 is 2.42 bits per heavy atom. The van der Waals surface area contributed by atoms with Crippen LogP contribution in [0.5, 0.6) is 5.75 Å². The smallest absolute Gasteiger partial charge is 0.329 e. The molecule has 2 aromatic rings. The van der Waals surface area contributed by atoms with Crippen LogP contribution in [0.3, 0.4) is 0 Å². The third-order valence-electron chi connectivity index (χ3n) is 6.82. The monoisotopic (exact) mass is 446 g/mol. The highest BCUT2D eigenvalue weighted by Gasteiger charge is 2.40. The van der Waals surface area contributed by atoms with Crippen LogP contribution in [0.4, 0.5) is 16.2 Å². The van der Waals surface area contributed by atoms with Gasteiger partial charge in [-0.1, -0.05) is 6.07 Å². The molecule has 1 N–H and O–H groups in total. The predicted octanol–water partition coefficient (Wildman–Crippen LogP) is 1.83. The van der Waals surface area contributed by atoms with Crippen molar-refractivity contribution in [2.24, 2.45) is 0 Å². The van der Waals surface area contributed by atoms with E-state index in [9.17, 15) is 19.2 Å². The quantitative estimate of drug-likeness (QED) is 0.726. The minimum absolute atomic E-state index is 0.126. The molecule has 4 aliphatic rings. The van der Waals surface area contributed by atoms with Gasteiger partial charge < -0.3 is 9.64 Å². The van der Waals surface area contributed by atoms with Crippen molar-refractivity contribution < 1.29 is 23.9 Å². The molecule has 1 atom stereocenters.